The summed E-state index contributed by atoms with van der Waals surface area (Å²) in [6.45, 7) is 4.86. The molecule has 1 heterocycles. The van der Waals surface area contributed by atoms with Crippen molar-refractivity contribution < 1.29 is 13.9 Å². The molecule has 0 aliphatic rings. The van der Waals surface area contributed by atoms with E-state index in [-0.39, 0.29) is 6.04 Å². The zero-order chi connectivity index (χ0) is 10.9. The van der Waals surface area contributed by atoms with Gasteiger partial charge in [0.1, 0.15) is 5.76 Å². The molecule has 1 aromatic heterocycles. The van der Waals surface area contributed by atoms with Crippen LogP contribution in [-0.4, -0.2) is 33.5 Å². The van der Waals surface area contributed by atoms with E-state index in [1.165, 1.54) is 0 Å². The predicted octanol–water partition coefficient (Wildman–Crippen LogP) is 1.59. The standard InChI is InChI=1S/C11H19NO3/c1-10(11-4-3-6-15-11)12-5-7-14-9-8-13-2/h3-4,6,10,12H,5,7-9H2,1-2H3. The Morgan fingerprint density at radius 2 is 2.27 bits per heavy atom. The number of rotatable bonds is 8. The van der Waals surface area contributed by atoms with Crippen molar-refractivity contribution in [1.82, 2.24) is 5.32 Å². The van der Waals surface area contributed by atoms with Gasteiger partial charge in [0.25, 0.3) is 0 Å². The molecule has 0 saturated heterocycles. The van der Waals surface area contributed by atoms with Crippen molar-refractivity contribution in [3.05, 3.63) is 24.2 Å². The highest BCUT2D eigenvalue weighted by molar-refractivity contribution is 5.02. The van der Waals surface area contributed by atoms with Crippen molar-refractivity contribution in [2.24, 2.45) is 0 Å². The van der Waals surface area contributed by atoms with Crippen LogP contribution in [0, 0.1) is 0 Å². The molecule has 1 aromatic rings. The molecule has 0 amide bonds. The molecule has 1 rings (SSSR count). The van der Waals surface area contributed by atoms with Crippen LogP contribution in [0.3, 0.4) is 0 Å². The number of nitrogens with one attached hydrogen (secondary N) is 1. The minimum Gasteiger partial charge on any atom is -0.468 e. The summed E-state index contributed by atoms with van der Waals surface area (Å²) < 4.78 is 15.5. The second-order valence-electron chi connectivity index (χ2n) is 3.30. The molecule has 86 valence electrons. The van der Waals surface area contributed by atoms with E-state index in [1.54, 1.807) is 13.4 Å². The molecule has 4 nitrogen and oxygen atoms in total. The summed E-state index contributed by atoms with van der Waals surface area (Å²) in [4.78, 5) is 0. The van der Waals surface area contributed by atoms with Crippen LogP contribution >= 0.6 is 0 Å². The van der Waals surface area contributed by atoms with Gasteiger partial charge in [-0.3, -0.25) is 0 Å². The molecule has 1 N–H and O–H groups in total. The molecule has 0 bridgehead atoms. The average molecular weight is 213 g/mol. The van der Waals surface area contributed by atoms with Crippen molar-refractivity contribution in [1.29, 1.82) is 0 Å². The Bertz CT molecular complexity index is 236. The van der Waals surface area contributed by atoms with Crippen molar-refractivity contribution in [2.45, 2.75) is 13.0 Å². The summed E-state index contributed by atoms with van der Waals surface area (Å²) >= 11 is 0. The predicted molar refractivity (Wildman–Crippen MR) is 57.8 cm³/mol. The van der Waals surface area contributed by atoms with Crippen molar-refractivity contribution in [3.63, 3.8) is 0 Å². The van der Waals surface area contributed by atoms with Gasteiger partial charge >= 0.3 is 0 Å². The van der Waals surface area contributed by atoms with E-state index in [4.69, 9.17) is 13.9 Å². The Morgan fingerprint density at radius 3 is 2.93 bits per heavy atom. The molecule has 0 aliphatic carbocycles. The maximum atomic E-state index is 5.32. The van der Waals surface area contributed by atoms with E-state index in [9.17, 15) is 0 Å². The topological polar surface area (TPSA) is 43.6 Å². The molecular formula is C11H19NO3. The lowest BCUT2D eigenvalue weighted by molar-refractivity contribution is 0.0710. The number of hydrogen-bond acceptors (Lipinski definition) is 4. The molecule has 1 unspecified atom stereocenters. The average Bonchev–Trinajstić information content (AvgIpc) is 2.76. The van der Waals surface area contributed by atoms with Gasteiger partial charge in [-0.2, -0.15) is 0 Å². The van der Waals surface area contributed by atoms with Crippen LogP contribution in [0.5, 0.6) is 0 Å². The summed E-state index contributed by atoms with van der Waals surface area (Å²) in [5, 5.41) is 3.30. The van der Waals surface area contributed by atoms with Crippen LogP contribution in [0.1, 0.15) is 18.7 Å². The zero-order valence-corrected chi connectivity index (χ0v) is 9.36. The molecule has 0 saturated carbocycles. The summed E-state index contributed by atoms with van der Waals surface area (Å²) in [5.74, 6) is 0.951. The monoisotopic (exact) mass is 213 g/mol. The van der Waals surface area contributed by atoms with Crippen LogP contribution in [-0.2, 0) is 9.47 Å². The lowest BCUT2D eigenvalue weighted by Gasteiger charge is -2.11. The fourth-order valence-corrected chi connectivity index (χ4v) is 1.23. The van der Waals surface area contributed by atoms with Crippen molar-refractivity contribution in [2.75, 3.05) is 33.5 Å². The molecule has 0 spiro atoms. The van der Waals surface area contributed by atoms with Gasteiger partial charge in [0.15, 0.2) is 0 Å². The highest BCUT2D eigenvalue weighted by Crippen LogP contribution is 2.11. The minimum absolute atomic E-state index is 0.228. The highest BCUT2D eigenvalue weighted by atomic mass is 16.5. The van der Waals surface area contributed by atoms with E-state index >= 15 is 0 Å². The molecule has 0 aromatic carbocycles. The van der Waals surface area contributed by atoms with Gasteiger partial charge < -0.3 is 19.2 Å². The van der Waals surface area contributed by atoms with Crippen LogP contribution in [0.2, 0.25) is 0 Å². The van der Waals surface area contributed by atoms with E-state index in [1.807, 2.05) is 12.1 Å². The smallest absolute Gasteiger partial charge is 0.120 e. The van der Waals surface area contributed by atoms with Gasteiger partial charge in [-0.15, -0.1) is 0 Å². The first-order valence-electron chi connectivity index (χ1n) is 5.18. The first-order chi connectivity index (χ1) is 7.34. The maximum absolute atomic E-state index is 5.32. The van der Waals surface area contributed by atoms with Gasteiger partial charge in [0.2, 0.25) is 0 Å². The number of furan rings is 1. The van der Waals surface area contributed by atoms with E-state index in [0.717, 1.165) is 12.3 Å². The lowest BCUT2D eigenvalue weighted by Crippen LogP contribution is -2.23. The maximum Gasteiger partial charge on any atom is 0.120 e. The van der Waals surface area contributed by atoms with E-state index in [0.29, 0.717) is 19.8 Å². The van der Waals surface area contributed by atoms with E-state index < -0.39 is 0 Å². The van der Waals surface area contributed by atoms with Gasteiger partial charge in [-0.1, -0.05) is 0 Å². The summed E-state index contributed by atoms with van der Waals surface area (Å²) in [6.07, 6.45) is 1.68. The van der Waals surface area contributed by atoms with Gasteiger partial charge in [-0.05, 0) is 19.1 Å². The molecule has 4 heteroatoms. The molecule has 15 heavy (non-hydrogen) atoms. The van der Waals surface area contributed by atoms with Gasteiger partial charge in [-0.25, -0.2) is 0 Å². The second kappa shape index (κ2) is 7.45. The van der Waals surface area contributed by atoms with Crippen LogP contribution in [0.15, 0.2) is 22.8 Å². The van der Waals surface area contributed by atoms with Crippen molar-refractivity contribution in [3.8, 4) is 0 Å². The summed E-state index contributed by atoms with van der Waals surface area (Å²) in [6, 6.07) is 4.08. The Hall–Kier alpha value is -0.840. The first-order valence-corrected chi connectivity index (χ1v) is 5.18. The minimum atomic E-state index is 0.228. The third kappa shape index (κ3) is 4.97. The van der Waals surface area contributed by atoms with Crippen LogP contribution in [0.25, 0.3) is 0 Å². The second-order valence-corrected chi connectivity index (χ2v) is 3.30. The van der Waals surface area contributed by atoms with Crippen LogP contribution in [0.4, 0.5) is 0 Å². The number of hydrogen-bond donors (Lipinski definition) is 1. The molecule has 0 aliphatic heterocycles. The molecular weight excluding hydrogens is 194 g/mol. The summed E-state index contributed by atoms with van der Waals surface area (Å²) in [5.41, 5.74) is 0. The normalized spacial score (nSPS) is 12.9. The van der Waals surface area contributed by atoms with Gasteiger partial charge in [0, 0.05) is 13.7 Å². The highest BCUT2D eigenvalue weighted by Gasteiger charge is 2.05. The van der Waals surface area contributed by atoms with E-state index in [2.05, 4.69) is 12.2 Å². The third-order valence-corrected chi connectivity index (χ3v) is 2.10. The number of methoxy groups -OCH3 is 1. The Labute approximate surface area is 90.6 Å². The van der Waals surface area contributed by atoms with Crippen molar-refractivity contribution >= 4 is 0 Å². The third-order valence-electron chi connectivity index (χ3n) is 2.10. The first kappa shape index (κ1) is 12.2. The Kier molecular flexibility index (Phi) is 6.08. The quantitative estimate of drug-likeness (QED) is 0.666. The molecule has 1 atom stereocenters. The largest absolute Gasteiger partial charge is 0.468 e. The fourth-order valence-electron chi connectivity index (χ4n) is 1.23. The lowest BCUT2D eigenvalue weighted by atomic mass is 10.2. The zero-order valence-electron chi connectivity index (χ0n) is 9.36. The summed E-state index contributed by atoms with van der Waals surface area (Å²) in [7, 11) is 1.67. The van der Waals surface area contributed by atoms with Crippen LogP contribution < -0.4 is 5.32 Å². The van der Waals surface area contributed by atoms with Gasteiger partial charge in [0.05, 0.1) is 32.1 Å². The fraction of sp³-hybridized carbons (Fsp3) is 0.636. The molecule has 0 radical (unpaired) electrons. The SMILES string of the molecule is COCCOCCNC(C)c1ccco1. The number of ether oxygens (including phenoxy) is 2. The molecule has 0 fully saturated rings. The Morgan fingerprint density at radius 1 is 1.40 bits per heavy atom. The Balaban J connectivity index is 2.00.